The third kappa shape index (κ3) is 9.44. The topological polar surface area (TPSA) is 188 Å². The number of carbonyl (C=O) groups is 4. The molecule has 0 aliphatic carbocycles. The predicted octanol–water partition coefficient (Wildman–Crippen LogP) is 5.33. The summed E-state index contributed by atoms with van der Waals surface area (Å²) in [7, 11) is -3.72. The van der Waals surface area contributed by atoms with E-state index in [0.717, 1.165) is 16.4 Å². The zero-order valence-electron chi connectivity index (χ0n) is 34.1. The molecule has 61 heavy (non-hydrogen) atoms. The number of hydrogen-bond acceptors (Lipinski definition) is 12. The van der Waals surface area contributed by atoms with Gasteiger partial charge in [-0.3, -0.25) is 29.2 Å². The van der Waals surface area contributed by atoms with Crippen molar-refractivity contribution in [2.45, 2.75) is 76.5 Å². The van der Waals surface area contributed by atoms with Crippen LogP contribution < -0.4 is 14.9 Å². The van der Waals surface area contributed by atoms with Gasteiger partial charge in [-0.05, 0) is 81.2 Å². The molecular formula is C43H50FN9O6S2. The molecule has 322 valence electrons. The number of hydrogen-bond donors (Lipinski definition) is 2. The van der Waals surface area contributed by atoms with E-state index in [-0.39, 0.29) is 64.3 Å². The van der Waals surface area contributed by atoms with Crippen molar-refractivity contribution in [3.8, 4) is 21.8 Å². The molecule has 2 N–H and O–H groups in total. The van der Waals surface area contributed by atoms with Crippen LogP contribution in [-0.2, 0) is 29.2 Å². The number of nitrogens with one attached hydrogen (secondary N) is 2. The summed E-state index contributed by atoms with van der Waals surface area (Å²) >= 11 is 1.43. The van der Waals surface area contributed by atoms with E-state index in [2.05, 4.69) is 29.9 Å². The zero-order valence-corrected chi connectivity index (χ0v) is 35.7. The quantitative estimate of drug-likeness (QED) is 0.186. The molecule has 0 radical (unpaired) electrons. The summed E-state index contributed by atoms with van der Waals surface area (Å²) in [5, 5.41) is 3.21. The van der Waals surface area contributed by atoms with Gasteiger partial charge in [-0.2, -0.15) is 0 Å². The number of anilines is 2. The monoisotopic (exact) mass is 871 g/mol. The predicted molar refractivity (Wildman–Crippen MR) is 228 cm³/mol. The minimum atomic E-state index is -3.72. The Morgan fingerprint density at radius 2 is 1.57 bits per heavy atom. The molecule has 1 aromatic carbocycles. The van der Waals surface area contributed by atoms with E-state index in [0.29, 0.717) is 113 Å². The van der Waals surface area contributed by atoms with Crippen molar-refractivity contribution < 1.29 is 32.0 Å². The highest BCUT2D eigenvalue weighted by Crippen LogP contribution is 2.43. The minimum Gasteiger partial charge on any atom is -0.357 e. The number of amides is 4. The standard InChI is InChI=1S/C43H50FN9O6S2/c1-2-24-61(58,59)50-33-5-3-4-32(37(33)44)38-39(34-10-17-45-26-47-34)60-41(49-38)27-11-20-52(21-12-27)43(57)29-15-22-53(23-16-29)42(56)28-13-18-51(19-14-28)35-8-6-30(25-46-35)31-7-9-36(54)48-40(31)55/h3-6,8,10,17,25-29,31,50H,2,7,9,11-16,18-24H2,1H3,(H,48,54,55)/t31-/m0/s1. The molecule has 0 bridgehead atoms. The number of thiazole rings is 1. The molecule has 4 saturated heterocycles. The van der Waals surface area contributed by atoms with E-state index in [4.69, 9.17) is 4.98 Å². The molecule has 0 saturated carbocycles. The number of likely N-dealkylation sites (tertiary alicyclic amines) is 2. The van der Waals surface area contributed by atoms with Gasteiger partial charge in [0.1, 0.15) is 12.1 Å². The molecule has 4 aliphatic rings. The molecule has 4 fully saturated rings. The van der Waals surface area contributed by atoms with Gasteiger partial charge >= 0.3 is 0 Å². The number of carbonyl (C=O) groups excluding carboxylic acids is 4. The van der Waals surface area contributed by atoms with Crippen LogP contribution in [0.15, 0.2) is 55.1 Å². The molecular weight excluding hydrogens is 822 g/mol. The van der Waals surface area contributed by atoms with E-state index >= 15 is 4.39 Å². The molecule has 4 aromatic rings. The molecule has 15 nitrogen and oxygen atoms in total. The van der Waals surface area contributed by atoms with Crippen molar-refractivity contribution in [3.63, 3.8) is 0 Å². The van der Waals surface area contributed by atoms with Crippen molar-refractivity contribution in [2.75, 3.05) is 54.6 Å². The van der Waals surface area contributed by atoms with Gasteiger partial charge < -0.3 is 14.7 Å². The number of pyridine rings is 1. The molecule has 3 aromatic heterocycles. The number of piperidine rings is 4. The Balaban J connectivity index is 0.835. The molecule has 4 aliphatic heterocycles. The van der Waals surface area contributed by atoms with Crippen LogP contribution in [0.25, 0.3) is 21.8 Å². The SMILES string of the molecule is CCCS(=O)(=O)Nc1cccc(-c2nc(C3CCN(C(=O)C4CCN(C(=O)C5CCN(c6ccc([C@@H]7CCC(=O)NC7=O)cn6)CC5)CC4)CC3)sc2-c2ccncn2)c1F. The van der Waals surface area contributed by atoms with Gasteiger partial charge in [-0.1, -0.05) is 19.1 Å². The second kappa shape index (κ2) is 18.3. The molecule has 0 unspecified atom stereocenters. The van der Waals surface area contributed by atoms with Gasteiger partial charge in [0, 0.05) is 81.4 Å². The minimum absolute atomic E-state index is 0.0385. The van der Waals surface area contributed by atoms with Crippen molar-refractivity contribution in [1.82, 2.24) is 35.1 Å². The summed E-state index contributed by atoms with van der Waals surface area (Å²) in [5.41, 5.74) is 1.79. The highest BCUT2D eigenvalue weighted by Gasteiger charge is 2.36. The van der Waals surface area contributed by atoms with Gasteiger partial charge in [0.25, 0.3) is 0 Å². The third-order valence-electron chi connectivity index (χ3n) is 12.3. The van der Waals surface area contributed by atoms with Crippen molar-refractivity contribution >= 4 is 56.5 Å². The fourth-order valence-electron chi connectivity index (χ4n) is 8.94. The van der Waals surface area contributed by atoms with Crippen LogP contribution >= 0.6 is 11.3 Å². The lowest BCUT2D eigenvalue weighted by Gasteiger charge is -2.39. The molecule has 8 rings (SSSR count). The van der Waals surface area contributed by atoms with Gasteiger partial charge in [0.2, 0.25) is 33.7 Å². The van der Waals surface area contributed by atoms with Crippen molar-refractivity contribution in [3.05, 3.63) is 71.5 Å². The average molecular weight is 872 g/mol. The first kappa shape index (κ1) is 42.3. The Bertz CT molecular complexity index is 2360. The van der Waals surface area contributed by atoms with Gasteiger partial charge in [-0.15, -0.1) is 11.3 Å². The van der Waals surface area contributed by atoms with Gasteiger partial charge in [0.05, 0.1) is 38.6 Å². The lowest BCUT2D eigenvalue weighted by atomic mass is 9.90. The number of benzene rings is 1. The number of imide groups is 1. The number of rotatable bonds is 11. The summed E-state index contributed by atoms with van der Waals surface area (Å²) in [5.74, 6) is -0.829. The Labute approximate surface area is 358 Å². The van der Waals surface area contributed by atoms with Crippen molar-refractivity contribution in [1.29, 1.82) is 0 Å². The summed E-state index contributed by atoms with van der Waals surface area (Å²) in [6.45, 7) is 5.38. The first-order valence-electron chi connectivity index (χ1n) is 21.2. The van der Waals surface area contributed by atoms with Crippen molar-refractivity contribution in [2.24, 2.45) is 11.8 Å². The summed E-state index contributed by atoms with van der Waals surface area (Å²) in [4.78, 5) is 75.9. The molecule has 4 amide bonds. The lowest BCUT2D eigenvalue weighted by molar-refractivity contribution is -0.143. The Morgan fingerprint density at radius 1 is 0.885 bits per heavy atom. The second-order valence-electron chi connectivity index (χ2n) is 16.3. The largest absolute Gasteiger partial charge is 0.357 e. The highest BCUT2D eigenvalue weighted by atomic mass is 32.2. The first-order chi connectivity index (χ1) is 29.5. The van der Waals surface area contributed by atoms with Crippen LogP contribution in [0.4, 0.5) is 15.9 Å². The van der Waals surface area contributed by atoms with E-state index in [1.807, 2.05) is 21.9 Å². The average Bonchev–Trinajstić information content (AvgIpc) is 3.72. The van der Waals surface area contributed by atoms with E-state index in [1.165, 1.54) is 23.7 Å². The zero-order chi connectivity index (χ0) is 42.7. The first-order valence-corrected chi connectivity index (χ1v) is 23.6. The maximum atomic E-state index is 16.0. The maximum Gasteiger partial charge on any atom is 0.234 e. The Kier molecular flexibility index (Phi) is 12.7. The summed E-state index contributed by atoms with van der Waals surface area (Å²) in [6, 6.07) is 10.1. The highest BCUT2D eigenvalue weighted by molar-refractivity contribution is 7.92. The number of halogens is 1. The molecule has 0 spiro atoms. The number of aromatic nitrogens is 4. The Morgan fingerprint density at radius 3 is 2.20 bits per heavy atom. The lowest BCUT2D eigenvalue weighted by Crippen LogP contribution is -2.48. The smallest absolute Gasteiger partial charge is 0.234 e. The molecule has 7 heterocycles. The molecule has 1 atom stereocenters. The summed E-state index contributed by atoms with van der Waals surface area (Å²) < 4.78 is 43.4. The Hall–Kier alpha value is -5.36. The second-order valence-corrected chi connectivity index (χ2v) is 19.2. The van der Waals surface area contributed by atoms with E-state index in [9.17, 15) is 27.6 Å². The third-order valence-corrected chi connectivity index (χ3v) is 15.1. The number of nitrogens with zero attached hydrogens (tertiary/aromatic N) is 7. The van der Waals surface area contributed by atoms with E-state index < -0.39 is 15.8 Å². The molecule has 18 heteroatoms. The number of sulfonamides is 1. The van der Waals surface area contributed by atoms with Crippen LogP contribution in [0.5, 0.6) is 0 Å². The fourth-order valence-corrected chi connectivity index (χ4v) is 11.3. The van der Waals surface area contributed by atoms with Gasteiger partial charge in [-0.25, -0.2) is 32.7 Å². The van der Waals surface area contributed by atoms with Crippen LogP contribution in [0.2, 0.25) is 0 Å². The maximum absolute atomic E-state index is 16.0. The van der Waals surface area contributed by atoms with Crippen LogP contribution in [0, 0.1) is 17.7 Å². The van der Waals surface area contributed by atoms with E-state index in [1.54, 1.807) is 37.5 Å². The van der Waals surface area contributed by atoms with Crippen LogP contribution in [0.1, 0.15) is 87.1 Å². The summed E-state index contributed by atoms with van der Waals surface area (Å²) in [6.07, 6.45) is 10.0. The van der Waals surface area contributed by atoms with Gasteiger partial charge in [0.15, 0.2) is 5.82 Å². The van der Waals surface area contributed by atoms with Crippen LogP contribution in [-0.4, -0.2) is 107 Å². The van der Waals surface area contributed by atoms with Crippen LogP contribution in [0.3, 0.4) is 0 Å². The fraction of sp³-hybridized carbons (Fsp3) is 0.488. The normalized spacial score (nSPS) is 19.8.